The topological polar surface area (TPSA) is 32.3 Å². The van der Waals surface area contributed by atoms with E-state index in [1.54, 1.807) is 17.1 Å². The second-order valence-corrected chi connectivity index (χ2v) is 6.00. The van der Waals surface area contributed by atoms with Crippen molar-refractivity contribution >= 4 is 5.91 Å². The molecule has 0 saturated heterocycles. The Morgan fingerprint density at radius 1 is 0.679 bits per heavy atom. The van der Waals surface area contributed by atoms with E-state index in [-0.39, 0.29) is 5.91 Å². The van der Waals surface area contributed by atoms with Gasteiger partial charge in [0.25, 0.3) is 5.91 Å². The molecule has 0 bridgehead atoms. The number of nitrogens with zero attached hydrogens (tertiary/aromatic N) is 1. The van der Waals surface area contributed by atoms with Crippen molar-refractivity contribution in [3.63, 3.8) is 0 Å². The average Bonchev–Trinajstić information content (AvgIpc) is 2.75. The van der Waals surface area contributed by atoms with Gasteiger partial charge in [0, 0.05) is 16.7 Å². The molecule has 1 N–H and O–H groups in total. The molecule has 0 aliphatic heterocycles. The molecule has 0 spiro atoms. The van der Waals surface area contributed by atoms with Crippen LogP contribution < -0.4 is 5.43 Å². The highest BCUT2D eigenvalue weighted by Gasteiger charge is 2.09. The van der Waals surface area contributed by atoms with Gasteiger partial charge in [-0.05, 0) is 36.4 Å². The van der Waals surface area contributed by atoms with E-state index in [4.69, 9.17) is 0 Å². The van der Waals surface area contributed by atoms with Gasteiger partial charge in [-0.2, -0.15) is 5.01 Å². The van der Waals surface area contributed by atoms with Crippen molar-refractivity contribution < 1.29 is 4.79 Å². The Morgan fingerprint density at radius 2 is 1.11 bits per heavy atom. The fourth-order valence-corrected chi connectivity index (χ4v) is 2.45. The van der Waals surface area contributed by atoms with E-state index in [9.17, 15) is 4.79 Å². The minimum absolute atomic E-state index is 0.177. The molecular weight excluding hydrogens is 344 g/mol. The Morgan fingerprint density at radius 3 is 1.57 bits per heavy atom. The first kappa shape index (κ1) is 19.0. The van der Waals surface area contributed by atoms with E-state index in [1.165, 1.54) is 0 Å². The van der Waals surface area contributed by atoms with Crippen LogP contribution in [0.3, 0.4) is 0 Å². The Labute approximate surface area is 166 Å². The Bertz CT molecular complexity index is 948. The van der Waals surface area contributed by atoms with Crippen LogP contribution in [0.1, 0.15) is 21.5 Å². The number of amides is 1. The van der Waals surface area contributed by atoms with E-state index >= 15 is 0 Å². The molecule has 1 amide bonds. The third-order valence-corrected chi connectivity index (χ3v) is 3.85. The molecule has 0 aromatic heterocycles. The molecule has 3 aromatic carbocycles. The summed E-state index contributed by atoms with van der Waals surface area (Å²) >= 11 is 0. The van der Waals surface area contributed by atoms with Gasteiger partial charge in [-0.15, -0.1) is 0 Å². The van der Waals surface area contributed by atoms with Gasteiger partial charge in [0.2, 0.25) is 0 Å². The highest BCUT2D eigenvalue weighted by Crippen LogP contribution is 1.99. The molecule has 0 aliphatic rings. The Kier molecular flexibility index (Phi) is 7.04. The fraction of sp³-hybridized carbons (Fsp3) is 0.0800. The zero-order chi connectivity index (χ0) is 19.4. The normalized spacial score (nSPS) is 9.61. The van der Waals surface area contributed by atoms with Crippen LogP contribution in [0, 0.1) is 23.7 Å². The summed E-state index contributed by atoms with van der Waals surface area (Å²) in [6.45, 7) is 0.744. The number of hydrogen-bond donors (Lipinski definition) is 1. The van der Waals surface area contributed by atoms with Crippen LogP contribution in [-0.4, -0.2) is 24.0 Å². The van der Waals surface area contributed by atoms with Gasteiger partial charge in [-0.25, -0.2) is 0 Å². The summed E-state index contributed by atoms with van der Waals surface area (Å²) in [4.78, 5) is 12.5. The van der Waals surface area contributed by atoms with E-state index in [2.05, 4.69) is 29.1 Å². The molecule has 3 rings (SSSR count). The number of carbonyl (C=O) groups is 1. The molecule has 0 saturated carbocycles. The smallest absolute Gasteiger partial charge is 0.265 e. The lowest BCUT2D eigenvalue weighted by Gasteiger charge is -2.18. The van der Waals surface area contributed by atoms with E-state index in [1.807, 2.05) is 78.9 Å². The third kappa shape index (κ3) is 6.18. The monoisotopic (exact) mass is 364 g/mol. The van der Waals surface area contributed by atoms with Crippen molar-refractivity contribution in [1.29, 1.82) is 0 Å². The number of carbonyl (C=O) groups excluding carboxylic acids is 1. The summed E-state index contributed by atoms with van der Waals surface area (Å²) in [6, 6.07) is 28.6. The predicted molar refractivity (Wildman–Crippen MR) is 112 cm³/mol. The van der Waals surface area contributed by atoms with Gasteiger partial charge in [-0.1, -0.05) is 78.3 Å². The number of benzene rings is 3. The molecule has 0 radical (unpaired) electrons. The van der Waals surface area contributed by atoms with Crippen LogP contribution in [0.4, 0.5) is 0 Å². The summed E-state index contributed by atoms with van der Waals surface area (Å²) in [5, 5.41) is 1.72. The van der Waals surface area contributed by atoms with Crippen LogP contribution in [0.5, 0.6) is 0 Å². The van der Waals surface area contributed by atoms with Crippen molar-refractivity contribution in [2.45, 2.75) is 0 Å². The zero-order valence-corrected chi connectivity index (χ0v) is 15.4. The SMILES string of the molecule is O=C(NN(CC#Cc1ccccc1)CC#Cc1ccccc1)c1ccccc1. The number of rotatable bonds is 4. The van der Waals surface area contributed by atoms with Gasteiger partial charge in [0.05, 0.1) is 13.1 Å². The van der Waals surface area contributed by atoms with Gasteiger partial charge in [0.15, 0.2) is 0 Å². The lowest BCUT2D eigenvalue weighted by molar-refractivity contribution is 0.0829. The van der Waals surface area contributed by atoms with Crippen LogP contribution >= 0.6 is 0 Å². The molecule has 0 heterocycles. The van der Waals surface area contributed by atoms with Crippen LogP contribution in [0.2, 0.25) is 0 Å². The summed E-state index contributed by atoms with van der Waals surface area (Å²) in [5.41, 5.74) is 5.37. The van der Waals surface area contributed by atoms with Crippen molar-refractivity contribution in [1.82, 2.24) is 10.4 Å². The maximum absolute atomic E-state index is 12.5. The maximum Gasteiger partial charge on any atom is 0.265 e. The van der Waals surface area contributed by atoms with Crippen LogP contribution in [0.25, 0.3) is 0 Å². The Hall–Kier alpha value is -3.79. The first-order valence-electron chi connectivity index (χ1n) is 9.00. The van der Waals surface area contributed by atoms with Gasteiger partial charge in [-0.3, -0.25) is 10.2 Å². The average molecular weight is 364 g/mol. The number of hydrogen-bond acceptors (Lipinski definition) is 2. The molecule has 3 heteroatoms. The van der Waals surface area contributed by atoms with Gasteiger partial charge >= 0.3 is 0 Å². The molecule has 28 heavy (non-hydrogen) atoms. The minimum atomic E-state index is -0.177. The van der Waals surface area contributed by atoms with Crippen LogP contribution in [-0.2, 0) is 0 Å². The Balaban J connectivity index is 1.69. The standard InChI is InChI=1S/C25H20N2O/c28-25(24-18-8-3-9-19-24)26-27(20-10-16-22-12-4-1-5-13-22)21-11-17-23-14-6-2-7-15-23/h1-9,12-15,18-19H,20-21H2,(H,26,28). The second kappa shape index (κ2) is 10.4. The fourth-order valence-electron chi connectivity index (χ4n) is 2.45. The van der Waals surface area contributed by atoms with Crippen molar-refractivity contribution in [2.75, 3.05) is 13.1 Å². The number of nitrogens with one attached hydrogen (secondary N) is 1. The highest BCUT2D eigenvalue weighted by molar-refractivity contribution is 5.93. The molecular formula is C25H20N2O. The summed E-state index contributed by atoms with van der Waals surface area (Å²) in [7, 11) is 0. The lowest BCUT2D eigenvalue weighted by atomic mass is 10.2. The number of hydrazine groups is 1. The van der Waals surface area contributed by atoms with Crippen molar-refractivity contribution in [2.24, 2.45) is 0 Å². The lowest BCUT2D eigenvalue weighted by Crippen LogP contribution is -2.42. The van der Waals surface area contributed by atoms with E-state index < -0.39 is 0 Å². The molecule has 0 atom stereocenters. The first-order valence-corrected chi connectivity index (χ1v) is 9.00. The maximum atomic E-state index is 12.5. The zero-order valence-electron chi connectivity index (χ0n) is 15.4. The third-order valence-electron chi connectivity index (χ3n) is 3.85. The summed E-state index contributed by atoms with van der Waals surface area (Å²) < 4.78 is 0. The summed E-state index contributed by atoms with van der Waals surface area (Å²) in [5.74, 6) is 12.2. The second-order valence-electron chi connectivity index (χ2n) is 6.00. The predicted octanol–water partition coefficient (Wildman–Crippen LogP) is 3.74. The first-order chi connectivity index (χ1) is 13.8. The quantitative estimate of drug-likeness (QED) is 0.565. The van der Waals surface area contributed by atoms with Gasteiger partial charge < -0.3 is 0 Å². The molecule has 0 unspecified atom stereocenters. The molecule has 136 valence electrons. The van der Waals surface area contributed by atoms with Gasteiger partial charge in [0.1, 0.15) is 0 Å². The van der Waals surface area contributed by atoms with Crippen molar-refractivity contribution in [3.05, 3.63) is 108 Å². The summed E-state index contributed by atoms with van der Waals surface area (Å²) in [6.07, 6.45) is 0. The van der Waals surface area contributed by atoms with E-state index in [0.29, 0.717) is 18.7 Å². The highest BCUT2D eigenvalue weighted by atomic mass is 16.2. The molecule has 0 fully saturated rings. The van der Waals surface area contributed by atoms with Crippen molar-refractivity contribution in [3.8, 4) is 23.7 Å². The molecule has 3 nitrogen and oxygen atoms in total. The van der Waals surface area contributed by atoms with E-state index in [0.717, 1.165) is 11.1 Å². The molecule has 0 aliphatic carbocycles. The minimum Gasteiger partial charge on any atom is -0.283 e. The largest absolute Gasteiger partial charge is 0.283 e. The van der Waals surface area contributed by atoms with Crippen LogP contribution in [0.15, 0.2) is 91.0 Å². The molecule has 3 aromatic rings.